The van der Waals surface area contributed by atoms with E-state index in [9.17, 15) is 5.11 Å². The molecule has 1 N–H and O–H groups in total. The molecule has 2 heterocycles. The first-order valence-corrected chi connectivity index (χ1v) is 6.96. The van der Waals surface area contributed by atoms with Crippen molar-refractivity contribution in [1.82, 2.24) is 4.98 Å². The van der Waals surface area contributed by atoms with Crippen molar-refractivity contribution in [2.24, 2.45) is 5.41 Å². The molecule has 0 spiro atoms. The lowest BCUT2D eigenvalue weighted by atomic mass is 9.83. The third kappa shape index (κ3) is 3.35. The van der Waals surface area contributed by atoms with Crippen LogP contribution in [-0.2, 0) is 0 Å². The van der Waals surface area contributed by atoms with Crippen molar-refractivity contribution in [1.29, 1.82) is 0 Å². The molecule has 19 heavy (non-hydrogen) atoms. The van der Waals surface area contributed by atoms with Gasteiger partial charge in [0.2, 0.25) is 0 Å². The molecule has 0 fully saturated rings. The van der Waals surface area contributed by atoms with Gasteiger partial charge in [0.05, 0.1) is 6.10 Å². The topological polar surface area (TPSA) is 36.4 Å². The molecule has 0 saturated carbocycles. The van der Waals surface area contributed by atoms with Crippen LogP contribution in [0.5, 0.6) is 0 Å². The molecule has 0 amide bonds. The predicted molar refractivity (Wildman–Crippen MR) is 79.2 cm³/mol. The van der Waals surface area contributed by atoms with Gasteiger partial charge in [-0.1, -0.05) is 32.4 Å². The molecule has 0 aromatic carbocycles. The second-order valence-electron chi connectivity index (χ2n) is 6.30. The highest BCUT2D eigenvalue weighted by atomic mass is 16.3. The van der Waals surface area contributed by atoms with Gasteiger partial charge in [-0.15, -0.1) is 0 Å². The summed E-state index contributed by atoms with van der Waals surface area (Å²) < 4.78 is 0. The number of hydrogen-bond donors (Lipinski definition) is 1. The standard InChI is InChI=1S/C16H24N2O/c1-12(19)13-5-8-17-15(11-13)18-9-6-14(7-10-18)16(2,3)4/h5-6,8,11-12,19H,7,9-10H2,1-4H3. The molecule has 1 aliphatic heterocycles. The maximum atomic E-state index is 9.64. The van der Waals surface area contributed by atoms with Crippen LogP contribution in [0.2, 0.25) is 0 Å². The molecule has 0 saturated heterocycles. The second kappa shape index (κ2) is 5.33. The number of pyridine rings is 1. The fourth-order valence-electron chi connectivity index (χ4n) is 2.43. The van der Waals surface area contributed by atoms with Crippen LogP contribution in [0, 0.1) is 5.41 Å². The molecule has 1 aromatic rings. The molecule has 1 atom stereocenters. The van der Waals surface area contributed by atoms with Gasteiger partial charge in [-0.05, 0) is 36.5 Å². The minimum Gasteiger partial charge on any atom is -0.389 e. The summed E-state index contributed by atoms with van der Waals surface area (Å²) in [4.78, 5) is 6.68. The van der Waals surface area contributed by atoms with Crippen LogP contribution in [0.3, 0.4) is 0 Å². The Hall–Kier alpha value is -1.35. The number of hydrogen-bond acceptors (Lipinski definition) is 3. The van der Waals surface area contributed by atoms with E-state index in [4.69, 9.17) is 0 Å². The first-order chi connectivity index (χ1) is 8.88. The summed E-state index contributed by atoms with van der Waals surface area (Å²) in [7, 11) is 0. The van der Waals surface area contributed by atoms with Gasteiger partial charge in [0.25, 0.3) is 0 Å². The van der Waals surface area contributed by atoms with Crippen molar-refractivity contribution < 1.29 is 5.11 Å². The molecule has 2 rings (SSSR count). The van der Waals surface area contributed by atoms with Crippen LogP contribution in [0.1, 0.15) is 45.8 Å². The van der Waals surface area contributed by atoms with E-state index in [0.29, 0.717) is 0 Å². The zero-order valence-corrected chi connectivity index (χ0v) is 12.3. The molecule has 0 radical (unpaired) electrons. The van der Waals surface area contributed by atoms with E-state index < -0.39 is 6.10 Å². The molecule has 3 nitrogen and oxygen atoms in total. The third-order valence-corrected chi connectivity index (χ3v) is 3.75. The third-order valence-electron chi connectivity index (χ3n) is 3.75. The van der Waals surface area contributed by atoms with E-state index in [1.807, 2.05) is 12.1 Å². The molecule has 0 bridgehead atoms. The monoisotopic (exact) mass is 260 g/mol. The Morgan fingerprint density at radius 2 is 2.11 bits per heavy atom. The summed E-state index contributed by atoms with van der Waals surface area (Å²) in [5, 5.41) is 9.64. The Balaban J connectivity index is 2.14. The van der Waals surface area contributed by atoms with Gasteiger partial charge in [-0.2, -0.15) is 0 Å². The average molecular weight is 260 g/mol. The first-order valence-electron chi connectivity index (χ1n) is 6.96. The SMILES string of the molecule is CC(O)c1ccnc(N2CC=C(C(C)(C)C)CC2)c1. The van der Waals surface area contributed by atoms with Crippen LogP contribution in [0.15, 0.2) is 30.0 Å². The van der Waals surface area contributed by atoms with E-state index in [2.05, 4.69) is 36.7 Å². The number of aliphatic hydroxyl groups is 1. The minimum atomic E-state index is -0.438. The maximum absolute atomic E-state index is 9.64. The van der Waals surface area contributed by atoms with Crippen molar-refractivity contribution in [2.75, 3.05) is 18.0 Å². The van der Waals surface area contributed by atoms with Gasteiger partial charge in [-0.25, -0.2) is 4.98 Å². The summed E-state index contributed by atoms with van der Waals surface area (Å²) in [5.74, 6) is 0.961. The van der Waals surface area contributed by atoms with Gasteiger partial charge in [0.15, 0.2) is 0 Å². The van der Waals surface area contributed by atoms with Crippen molar-refractivity contribution in [3.05, 3.63) is 35.5 Å². The fraction of sp³-hybridized carbons (Fsp3) is 0.562. The molecule has 0 aliphatic carbocycles. The lowest BCUT2D eigenvalue weighted by Crippen LogP contribution is -2.31. The highest BCUT2D eigenvalue weighted by Crippen LogP contribution is 2.31. The van der Waals surface area contributed by atoms with Crippen LogP contribution in [0.4, 0.5) is 5.82 Å². The van der Waals surface area contributed by atoms with Crippen molar-refractivity contribution in [3.63, 3.8) is 0 Å². The van der Waals surface area contributed by atoms with E-state index in [-0.39, 0.29) is 5.41 Å². The Morgan fingerprint density at radius 1 is 1.37 bits per heavy atom. The number of anilines is 1. The van der Waals surface area contributed by atoms with Crippen LogP contribution < -0.4 is 4.90 Å². The zero-order chi connectivity index (χ0) is 14.0. The molecular formula is C16H24N2O. The average Bonchev–Trinajstić information content (AvgIpc) is 2.38. The zero-order valence-electron chi connectivity index (χ0n) is 12.3. The predicted octanol–water partition coefficient (Wildman–Crippen LogP) is 3.32. The normalized spacial score (nSPS) is 18.2. The van der Waals surface area contributed by atoms with Crippen LogP contribution in [0.25, 0.3) is 0 Å². The van der Waals surface area contributed by atoms with Gasteiger partial charge in [0, 0.05) is 19.3 Å². The van der Waals surface area contributed by atoms with Gasteiger partial charge in [0.1, 0.15) is 5.82 Å². The highest BCUT2D eigenvalue weighted by molar-refractivity contribution is 5.44. The van der Waals surface area contributed by atoms with Crippen LogP contribution in [-0.4, -0.2) is 23.2 Å². The molecule has 1 aromatic heterocycles. The summed E-state index contributed by atoms with van der Waals surface area (Å²) in [6.07, 6.45) is 4.75. The van der Waals surface area contributed by atoms with Crippen molar-refractivity contribution >= 4 is 5.82 Å². The number of aromatic nitrogens is 1. The van der Waals surface area contributed by atoms with Crippen molar-refractivity contribution in [3.8, 4) is 0 Å². The molecule has 1 aliphatic rings. The Labute approximate surface area is 116 Å². The summed E-state index contributed by atoms with van der Waals surface area (Å²) in [5.41, 5.74) is 2.71. The van der Waals surface area contributed by atoms with Gasteiger partial charge < -0.3 is 10.0 Å². The Morgan fingerprint density at radius 3 is 2.63 bits per heavy atom. The summed E-state index contributed by atoms with van der Waals surface area (Å²) >= 11 is 0. The van der Waals surface area contributed by atoms with E-state index in [1.165, 1.54) is 5.57 Å². The number of aliphatic hydroxyl groups excluding tert-OH is 1. The molecule has 1 unspecified atom stereocenters. The van der Waals surface area contributed by atoms with Crippen LogP contribution >= 0.6 is 0 Å². The van der Waals surface area contributed by atoms with Gasteiger partial charge >= 0.3 is 0 Å². The largest absolute Gasteiger partial charge is 0.389 e. The Kier molecular flexibility index (Phi) is 3.95. The van der Waals surface area contributed by atoms with Gasteiger partial charge in [-0.3, -0.25) is 0 Å². The minimum absolute atomic E-state index is 0.265. The first kappa shape index (κ1) is 14.1. The van der Waals surface area contributed by atoms with E-state index in [0.717, 1.165) is 30.9 Å². The highest BCUT2D eigenvalue weighted by Gasteiger charge is 2.21. The second-order valence-corrected chi connectivity index (χ2v) is 6.30. The number of nitrogens with zero attached hydrogens (tertiary/aromatic N) is 2. The van der Waals surface area contributed by atoms with Crippen molar-refractivity contribution in [2.45, 2.75) is 40.2 Å². The molecule has 104 valence electrons. The quantitative estimate of drug-likeness (QED) is 0.829. The lowest BCUT2D eigenvalue weighted by molar-refractivity contribution is 0.199. The lowest BCUT2D eigenvalue weighted by Gasteiger charge is -2.33. The Bertz CT molecular complexity index is 472. The fourth-order valence-corrected chi connectivity index (χ4v) is 2.43. The molecular weight excluding hydrogens is 236 g/mol. The number of rotatable bonds is 2. The van der Waals surface area contributed by atoms with E-state index in [1.54, 1.807) is 13.1 Å². The summed E-state index contributed by atoms with van der Waals surface area (Å²) in [6.45, 7) is 10.5. The maximum Gasteiger partial charge on any atom is 0.129 e. The summed E-state index contributed by atoms with van der Waals surface area (Å²) in [6, 6.07) is 3.86. The smallest absolute Gasteiger partial charge is 0.129 e. The molecule has 3 heteroatoms. The van der Waals surface area contributed by atoms with E-state index >= 15 is 0 Å².